The Morgan fingerprint density at radius 3 is 2.04 bits per heavy atom. The summed E-state index contributed by atoms with van der Waals surface area (Å²) < 4.78 is 12.6. The van der Waals surface area contributed by atoms with Crippen LogP contribution in [0.3, 0.4) is 0 Å². The van der Waals surface area contributed by atoms with Crippen LogP contribution in [0.2, 0.25) is 0 Å². The molecule has 6 nitrogen and oxygen atoms in total. The molecule has 0 fully saturated rings. The molecule has 1 amide bonds. The number of hydrogen-bond acceptors (Lipinski definition) is 4. The summed E-state index contributed by atoms with van der Waals surface area (Å²) in [6, 6.07) is 36.6. The van der Waals surface area contributed by atoms with Crippen molar-refractivity contribution in [1.29, 1.82) is 0 Å². The first-order chi connectivity index (χ1) is 24.4. The van der Waals surface area contributed by atoms with Gasteiger partial charge in [0, 0.05) is 35.6 Å². The van der Waals surface area contributed by atoms with E-state index in [1.807, 2.05) is 51.1 Å². The first-order valence-corrected chi connectivity index (χ1v) is 18.4. The van der Waals surface area contributed by atoms with E-state index in [9.17, 15) is 9.90 Å². The van der Waals surface area contributed by atoms with Crippen LogP contribution >= 0.6 is 0 Å². The van der Waals surface area contributed by atoms with Crippen LogP contribution in [-0.2, 0) is 13.0 Å². The van der Waals surface area contributed by atoms with Gasteiger partial charge in [0.05, 0.1) is 6.61 Å². The Bertz CT molecular complexity index is 1640. The van der Waals surface area contributed by atoms with Crippen molar-refractivity contribution in [1.82, 2.24) is 9.80 Å². The Kier molecular flexibility index (Phi) is 14.7. The third-order valence-corrected chi connectivity index (χ3v) is 9.30. The predicted octanol–water partition coefficient (Wildman–Crippen LogP) is 10.7. The highest BCUT2D eigenvalue weighted by atomic mass is 16.5. The van der Waals surface area contributed by atoms with E-state index in [-0.39, 0.29) is 5.92 Å². The van der Waals surface area contributed by atoms with Crippen molar-refractivity contribution in [2.45, 2.75) is 97.9 Å². The Morgan fingerprint density at radius 1 is 0.784 bits per heavy atom. The van der Waals surface area contributed by atoms with Crippen LogP contribution in [0.25, 0.3) is 6.08 Å². The Morgan fingerprint density at radius 2 is 1.43 bits per heavy atom. The molecule has 0 saturated carbocycles. The minimum atomic E-state index is -0.894. The minimum absolute atomic E-state index is 0.178. The van der Waals surface area contributed by atoms with Gasteiger partial charge in [0.15, 0.2) is 0 Å². The summed E-state index contributed by atoms with van der Waals surface area (Å²) in [4.78, 5) is 15.7. The lowest BCUT2D eigenvalue weighted by atomic mass is 9.86. The average molecular weight is 691 g/mol. The molecule has 6 heteroatoms. The number of carbonyl (C=O) groups is 1. The van der Waals surface area contributed by atoms with Crippen molar-refractivity contribution in [3.05, 3.63) is 137 Å². The van der Waals surface area contributed by atoms with E-state index in [0.717, 1.165) is 47.6 Å². The molecular weight excluding hydrogens is 633 g/mol. The van der Waals surface area contributed by atoms with Crippen molar-refractivity contribution in [2.24, 2.45) is 0 Å². The maximum Gasteiger partial charge on any atom is 0.407 e. The van der Waals surface area contributed by atoms with Crippen molar-refractivity contribution < 1.29 is 19.4 Å². The van der Waals surface area contributed by atoms with Gasteiger partial charge in [-0.1, -0.05) is 91.0 Å². The lowest BCUT2D eigenvalue weighted by Gasteiger charge is -2.33. The van der Waals surface area contributed by atoms with Gasteiger partial charge in [-0.25, -0.2) is 4.79 Å². The number of rotatable bonds is 18. The van der Waals surface area contributed by atoms with Gasteiger partial charge >= 0.3 is 6.09 Å². The highest BCUT2D eigenvalue weighted by Crippen LogP contribution is 2.36. The molecule has 1 atom stereocenters. The maximum absolute atomic E-state index is 11.7. The number of benzene rings is 4. The predicted molar refractivity (Wildman–Crippen MR) is 211 cm³/mol. The van der Waals surface area contributed by atoms with E-state index in [4.69, 9.17) is 9.47 Å². The largest absolute Gasteiger partial charge is 0.493 e. The van der Waals surface area contributed by atoms with Crippen LogP contribution in [0, 0.1) is 0 Å². The molecule has 0 spiro atoms. The summed E-state index contributed by atoms with van der Waals surface area (Å²) in [6.45, 7) is 17.4. The first kappa shape index (κ1) is 39.2. The van der Waals surface area contributed by atoms with Gasteiger partial charge in [-0.3, -0.25) is 4.90 Å². The third kappa shape index (κ3) is 12.3. The number of nitrogens with zero attached hydrogens (tertiary/aromatic N) is 2. The highest BCUT2D eigenvalue weighted by molar-refractivity contribution is 5.66. The summed E-state index contributed by atoms with van der Waals surface area (Å²) in [5.74, 6) is 1.91. The fraction of sp³-hybridized carbons (Fsp3) is 0.400. The molecule has 0 aromatic heterocycles. The second kappa shape index (κ2) is 19.2. The molecule has 0 bridgehead atoms. The summed E-state index contributed by atoms with van der Waals surface area (Å²) in [5.41, 5.74) is 5.43. The van der Waals surface area contributed by atoms with Gasteiger partial charge in [0.2, 0.25) is 0 Å². The quantitative estimate of drug-likeness (QED) is 0.105. The number of ether oxygens (including phenoxy) is 2. The standard InChI is InChI=1S/C45H58N2O4/c1-34(2)46(35(3)4)29-28-41(39-19-12-9-13-20-39)42-32-37(23-26-43(42)51-33-38-17-10-8-11-18-38)16-14-15-31-50-40-24-21-36(22-25-40)27-30-47(44(48)49)45(5,6)7/h8-14,16-26,32,34-35,41H,15,27-31,33H2,1-7H3,(H,48,49)/t41-/m1/s1. The van der Waals surface area contributed by atoms with Crippen molar-refractivity contribution >= 4 is 12.2 Å². The van der Waals surface area contributed by atoms with Crippen LogP contribution in [0.1, 0.15) is 95.0 Å². The molecule has 1 N–H and O–H groups in total. The average Bonchev–Trinajstić information content (AvgIpc) is 3.10. The van der Waals surface area contributed by atoms with Crippen molar-refractivity contribution in [3.63, 3.8) is 0 Å². The molecule has 272 valence electrons. The van der Waals surface area contributed by atoms with Crippen LogP contribution in [-0.4, -0.2) is 58.3 Å². The lowest BCUT2D eigenvalue weighted by molar-refractivity contribution is 0.101. The number of carboxylic acid groups (broad SMARTS) is 1. The maximum atomic E-state index is 11.7. The zero-order valence-corrected chi connectivity index (χ0v) is 31.7. The van der Waals surface area contributed by atoms with Gasteiger partial charge in [-0.05, 0) is 121 Å². The normalized spacial score (nSPS) is 12.5. The summed E-state index contributed by atoms with van der Waals surface area (Å²) in [6.07, 6.45) is 5.86. The monoisotopic (exact) mass is 690 g/mol. The molecule has 0 aliphatic heterocycles. The lowest BCUT2D eigenvalue weighted by Crippen LogP contribution is -2.45. The molecule has 4 rings (SSSR count). The zero-order chi connectivity index (χ0) is 36.8. The Balaban J connectivity index is 1.46. The van der Waals surface area contributed by atoms with Crippen LogP contribution in [0.15, 0.2) is 109 Å². The Labute approximate surface area is 306 Å². The second-order valence-corrected chi connectivity index (χ2v) is 14.8. The van der Waals surface area contributed by atoms with Crippen LogP contribution in [0.5, 0.6) is 11.5 Å². The van der Waals surface area contributed by atoms with Crippen LogP contribution in [0.4, 0.5) is 4.79 Å². The van der Waals surface area contributed by atoms with E-state index >= 15 is 0 Å². The smallest absolute Gasteiger partial charge is 0.407 e. The van der Waals surface area contributed by atoms with E-state index in [2.05, 4.69) is 118 Å². The van der Waals surface area contributed by atoms with Crippen molar-refractivity contribution in [3.8, 4) is 11.5 Å². The first-order valence-electron chi connectivity index (χ1n) is 18.4. The molecule has 4 aromatic rings. The number of amides is 1. The van der Waals surface area contributed by atoms with Gasteiger partial charge in [0.25, 0.3) is 0 Å². The summed E-state index contributed by atoms with van der Waals surface area (Å²) in [7, 11) is 0. The molecular formula is C45H58N2O4. The molecule has 0 heterocycles. The van der Waals surface area contributed by atoms with Gasteiger partial charge in [-0.15, -0.1) is 0 Å². The molecule has 0 saturated heterocycles. The fourth-order valence-electron chi connectivity index (χ4n) is 6.56. The third-order valence-electron chi connectivity index (χ3n) is 9.30. The van der Waals surface area contributed by atoms with Crippen molar-refractivity contribution in [2.75, 3.05) is 19.7 Å². The second-order valence-electron chi connectivity index (χ2n) is 14.8. The van der Waals surface area contributed by atoms with Gasteiger partial charge in [-0.2, -0.15) is 0 Å². The molecule has 4 aromatic carbocycles. The fourth-order valence-corrected chi connectivity index (χ4v) is 6.56. The summed E-state index contributed by atoms with van der Waals surface area (Å²) in [5, 5.41) is 9.57. The van der Waals surface area contributed by atoms with E-state index in [1.54, 1.807) is 0 Å². The molecule has 0 aliphatic rings. The van der Waals surface area contributed by atoms with E-state index in [0.29, 0.717) is 38.3 Å². The van der Waals surface area contributed by atoms with Gasteiger partial charge in [0.1, 0.15) is 18.1 Å². The topological polar surface area (TPSA) is 62.2 Å². The SMILES string of the molecule is CC(C)N(CC[C@H](c1ccccc1)c1cc(C=CCCOc2ccc(CCN(C(=O)O)C(C)(C)C)cc2)ccc1OCc1ccccc1)C(C)C. The summed E-state index contributed by atoms with van der Waals surface area (Å²) >= 11 is 0. The molecule has 0 radical (unpaired) electrons. The van der Waals surface area contributed by atoms with Crippen LogP contribution < -0.4 is 9.47 Å². The van der Waals surface area contributed by atoms with E-state index in [1.165, 1.54) is 16.0 Å². The minimum Gasteiger partial charge on any atom is -0.493 e. The molecule has 0 aliphatic carbocycles. The zero-order valence-electron chi connectivity index (χ0n) is 31.7. The highest BCUT2D eigenvalue weighted by Gasteiger charge is 2.25. The van der Waals surface area contributed by atoms with E-state index < -0.39 is 11.6 Å². The molecule has 51 heavy (non-hydrogen) atoms. The molecule has 0 unspecified atom stereocenters. The number of hydrogen-bond donors (Lipinski definition) is 1. The Hall–Kier alpha value is -4.55. The van der Waals surface area contributed by atoms with Gasteiger partial charge < -0.3 is 19.5 Å².